The largest absolute Gasteiger partial charge is 0.471 e. The summed E-state index contributed by atoms with van der Waals surface area (Å²) in [5, 5.41) is 3.18. The van der Waals surface area contributed by atoms with Crippen LogP contribution in [0.1, 0.15) is 61.7 Å². The topological polar surface area (TPSA) is 124 Å². The summed E-state index contributed by atoms with van der Waals surface area (Å²) in [5.41, 5.74) is 1.71. The molecule has 0 spiro atoms. The summed E-state index contributed by atoms with van der Waals surface area (Å²) < 4.78 is 42.6. The number of sulfonamides is 1. The Morgan fingerprint density at radius 1 is 1.06 bits per heavy atom. The molecule has 9 nitrogen and oxygen atoms in total. The van der Waals surface area contributed by atoms with E-state index in [2.05, 4.69) is 17.0 Å². The first-order valence-corrected chi connectivity index (χ1v) is 13.8. The van der Waals surface area contributed by atoms with E-state index in [-0.39, 0.29) is 12.4 Å². The fourth-order valence-corrected chi connectivity index (χ4v) is 4.26. The maximum Gasteiger partial charge on any atom is 0.409 e. The molecule has 1 amide bonds. The Kier molecular flexibility index (Phi) is 8.98. The Labute approximate surface area is 211 Å². The molecule has 3 rings (SSSR count). The number of hydrogen-bond donors (Lipinski definition) is 2. The van der Waals surface area contributed by atoms with Crippen LogP contribution in [0.2, 0.25) is 0 Å². The van der Waals surface area contributed by atoms with Crippen LogP contribution in [-0.4, -0.2) is 39.4 Å². The third-order valence-corrected chi connectivity index (χ3v) is 5.97. The van der Waals surface area contributed by atoms with E-state index in [1.54, 1.807) is 49.4 Å². The van der Waals surface area contributed by atoms with Gasteiger partial charge in [0.2, 0.25) is 10.0 Å². The second-order valence-corrected chi connectivity index (χ2v) is 10.1. The monoisotopic (exact) mass is 516 g/mol. The summed E-state index contributed by atoms with van der Waals surface area (Å²) in [6.07, 6.45) is 2.80. The minimum Gasteiger partial charge on any atom is -0.471 e. The number of ether oxygens (including phenoxy) is 2. The van der Waals surface area contributed by atoms with Gasteiger partial charge in [0.05, 0.1) is 18.4 Å². The zero-order valence-electron chi connectivity index (χ0n) is 20.9. The number of hydrogen-bond acceptors (Lipinski definition) is 7. The minimum absolute atomic E-state index is 0.236. The second-order valence-electron chi connectivity index (χ2n) is 8.32. The number of amides is 1. The third kappa shape index (κ3) is 7.00. The van der Waals surface area contributed by atoms with Gasteiger partial charge in [-0.3, -0.25) is 14.8 Å². The van der Waals surface area contributed by atoms with Crippen molar-refractivity contribution in [1.29, 1.82) is 0 Å². The number of alkyl carbamates (subject to hydrolysis) is 1. The highest BCUT2D eigenvalue weighted by molar-refractivity contribution is 7.92. The average Bonchev–Trinajstić information content (AvgIpc) is 3.18. The number of anilines is 1. The predicted molar refractivity (Wildman–Crippen MR) is 138 cm³/mol. The number of rotatable bonds is 12. The van der Waals surface area contributed by atoms with Crippen molar-refractivity contribution in [3.8, 4) is 5.75 Å². The van der Waals surface area contributed by atoms with Gasteiger partial charge in [0.1, 0.15) is 17.1 Å². The van der Waals surface area contributed by atoms with Crippen molar-refractivity contribution in [3.05, 3.63) is 59.4 Å². The fraction of sp³-hybridized carbons (Fsp3) is 0.385. The van der Waals surface area contributed by atoms with E-state index in [0.29, 0.717) is 52.1 Å². The number of carbonyl (C=O) groups excluding carboxylic acids is 2. The lowest BCUT2D eigenvalue weighted by Crippen LogP contribution is -2.38. The standard InChI is InChI=1S/C26H32N2O7S/c1-5-8-9-22-24(20-16-18(28-36(4,31)32)12-15-21(20)35-22)25(29)17-10-13-19(14-11-17)34-23(6-2)27-26(30)33-7-3/h10-16,23,28H,5-9H2,1-4H3,(H,27,30). The molecule has 2 N–H and O–H groups in total. The molecule has 3 aromatic rings. The fourth-order valence-electron chi connectivity index (χ4n) is 3.70. The smallest absolute Gasteiger partial charge is 0.409 e. The van der Waals surface area contributed by atoms with E-state index in [0.717, 1.165) is 19.1 Å². The van der Waals surface area contributed by atoms with Gasteiger partial charge >= 0.3 is 6.09 Å². The maximum atomic E-state index is 13.6. The van der Waals surface area contributed by atoms with Crippen LogP contribution < -0.4 is 14.8 Å². The normalized spacial score (nSPS) is 12.2. The maximum absolute atomic E-state index is 13.6. The lowest BCUT2D eigenvalue weighted by Gasteiger charge is -2.18. The van der Waals surface area contributed by atoms with Crippen LogP contribution in [0.3, 0.4) is 0 Å². The number of fused-ring (bicyclic) bond motifs is 1. The predicted octanol–water partition coefficient (Wildman–Crippen LogP) is 5.24. The van der Waals surface area contributed by atoms with Gasteiger partial charge in [0, 0.05) is 29.5 Å². The minimum atomic E-state index is -3.48. The SMILES string of the molecule is CCCCc1oc2ccc(NS(C)(=O)=O)cc2c1C(=O)c1ccc(OC(CC)NC(=O)OCC)cc1. The molecule has 0 saturated heterocycles. The van der Waals surface area contributed by atoms with Gasteiger partial charge in [-0.2, -0.15) is 0 Å². The molecule has 1 atom stereocenters. The van der Waals surface area contributed by atoms with Crippen LogP contribution in [0, 0.1) is 0 Å². The van der Waals surface area contributed by atoms with E-state index < -0.39 is 22.3 Å². The van der Waals surface area contributed by atoms with Gasteiger partial charge in [0.25, 0.3) is 0 Å². The lowest BCUT2D eigenvalue weighted by molar-refractivity contribution is 0.103. The number of aryl methyl sites for hydroxylation is 1. The molecular weight excluding hydrogens is 484 g/mol. The molecule has 194 valence electrons. The van der Waals surface area contributed by atoms with Gasteiger partial charge in [-0.1, -0.05) is 20.3 Å². The number of ketones is 1. The molecule has 0 aliphatic heterocycles. The first-order valence-electron chi connectivity index (χ1n) is 11.9. The van der Waals surface area contributed by atoms with Crippen molar-refractivity contribution >= 4 is 38.6 Å². The van der Waals surface area contributed by atoms with Gasteiger partial charge in [-0.05, 0) is 55.8 Å². The average molecular weight is 517 g/mol. The summed E-state index contributed by atoms with van der Waals surface area (Å²) in [6.45, 7) is 5.89. The Morgan fingerprint density at radius 3 is 2.39 bits per heavy atom. The lowest BCUT2D eigenvalue weighted by atomic mass is 9.98. The van der Waals surface area contributed by atoms with Crippen LogP contribution >= 0.6 is 0 Å². The molecule has 1 unspecified atom stereocenters. The van der Waals surface area contributed by atoms with Crippen LogP contribution in [0.4, 0.5) is 10.5 Å². The van der Waals surface area contributed by atoms with Crippen LogP contribution in [0.5, 0.6) is 5.75 Å². The molecule has 36 heavy (non-hydrogen) atoms. The summed E-state index contributed by atoms with van der Waals surface area (Å²) in [4.78, 5) is 25.3. The summed E-state index contributed by atoms with van der Waals surface area (Å²) in [6, 6.07) is 11.5. The van der Waals surface area contributed by atoms with Crippen molar-refractivity contribution in [2.75, 3.05) is 17.6 Å². The summed E-state index contributed by atoms with van der Waals surface area (Å²) in [7, 11) is -3.48. The highest BCUT2D eigenvalue weighted by Gasteiger charge is 2.23. The molecule has 1 aromatic heterocycles. The van der Waals surface area contributed by atoms with E-state index in [9.17, 15) is 18.0 Å². The third-order valence-electron chi connectivity index (χ3n) is 5.37. The van der Waals surface area contributed by atoms with Gasteiger partial charge in [-0.15, -0.1) is 0 Å². The molecule has 2 aromatic carbocycles. The molecule has 0 fully saturated rings. The number of benzene rings is 2. The van der Waals surface area contributed by atoms with Gasteiger partial charge < -0.3 is 13.9 Å². The highest BCUT2D eigenvalue weighted by atomic mass is 32.2. The van der Waals surface area contributed by atoms with Crippen molar-refractivity contribution in [3.63, 3.8) is 0 Å². The first-order chi connectivity index (χ1) is 17.1. The van der Waals surface area contributed by atoms with E-state index in [4.69, 9.17) is 13.9 Å². The summed E-state index contributed by atoms with van der Waals surface area (Å²) >= 11 is 0. The molecule has 0 bridgehead atoms. The van der Waals surface area contributed by atoms with Crippen molar-refractivity contribution < 1.29 is 31.9 Å². The van der Waals surface area contributed by atoms with Crippen molar-refractivity contribution in [2.24, 2.45) is 0 Å². The summed E-state index contributed by atoms with van der Waals surface area (Å²) in [5.74, 6) is 0.816. The van der Waals surface area contributed by atoms with Crippen molar-refractivity contribution in [1.82, 2.24) is 5.32 Å². The van der Waals surface area contributed by atoms with E-state index in [1.807, 2.05) is 6.92 Å². The quantitative estimate of drug-likeness (QED) is 0.249. The molecule has 0 saturated carbocycles. The molecular formula is C26H32N2O7S. The van der Waals surface area contributed by atoms with E-state index >= 15 is 0 Å². The van der Waals surface area contributed by atoms with Crippen LogP contribution in [0.25, 0.3) is 11.0 Å². The van der Waals surface area contributed by atoms with Gasteiger partial charge in [0.15, 0.2) is 12.0 Å². The highest BCUT2D eigenvalue weighted by Crippen LogP contribution is 2.32. The Morgan fingerprint density at radius 2 is 1.78 bits per heavy atom. The number of carbonyl (C=O) groups is 2. The zero-order chi connectivity index (χ0) is 26.3. The van der Waals surface area contributed by atoms with Crippen LogP contribution in [-0.2, 0) is 21.2 Å². The molecule has 0 aliphatic carbocycles. The molecule has 0 aliphatic rings. The van der Waals surface area contributed by atoms with E-state index in [1.165, 1.54) is 0 Å². The Balaban J connectivity index is 1.90. The van der Waals surface area contributed by atoms with Crippen molar-refractivity contribution in [2.45, 2.75) is 52.7 Å². The molecule has 10 heteroatoms. The van der Waals surface area contributed by atoms with Crippen LogP contribution in [0.15, 0.2) is 46.9 Å². The number of unbranched alkanes of at least 4 members (excludes halogenated alkanes) is 1. The molecule has 1 heterocycles. The number of furan rings is 1. The second kappa shape index (κ2) is 11.9. The first kappa shape index (κ1) is 27.1. The zero-order valence-corrected chi connectivity index (χ0v) is 21.7. The van der Waals surface area contributed by atoms with Gasteiger partial charge in [-0.25, -0.2) is 13.2 Å². The Bertz CT molecular complexity index is 1310. The molecule has 0 radical (unpaired) electrons. The Hall–Kier alpha value is -3.53. The number of nitrogens with one attached hydrogen (secondary N) is 2.